The second kappa shape index (κ2) is 73.8. The Bertz CT molecular complexity index is 1320. The predicted octanol–water partition coefficient (Wildman–Crippen LogP) is 25.3. The van der Waals surface area contributed by atoms with Crippen molar-refractivity contribution in [3.8, 4) is 0 Å². The van der Waals surface area contributed by atoms with E-state index < -0.39 is 12.1 Å². The number of carbonyl (C=O) groups is 2. The number of amides is 1. The minimum absolute atomic E-state index is 0.0242. The van der Waals surface area contributed by atoms with E-state index in [1.165, 1.54) is 372 Å². The number of ether oxygens (including phenoxy) is 1. The molecule has 6 nitrogen and oxygen atoms in total. The molecule has 2 unspecified atom stereocenters. The van der Waals surface area contributed by atoms with Crippen LogP contribution in [0.1, 0.15) is 438 Å². The molecule has 0 aliphatic rings. The van der Waals surface area contributed by atoms with Gasteiger partial charge in [0.1, 0.15) is 0 Å². The molecule has 0 aromatic rings. The number of carbonyl (C=O) groups excluding carboxylic acids is 2. The van der Waals surface area contributed by atoms with E-state index in [0.29, 0.717) is 19.4 Å². The second-order valence-electron chi connectivity index (χ2n) is 26.7. The fourth-order valence-electron chi connectivity index (χ4n) is 12.3. The van der Waals surface area contributed by atoms with Crippen LogP contribution in [-0.4, -0.2) is 47.4 Å². The Balaban J connectivity index is 3.33. The zero-order valence-corrected chi connectivity index (χ0v) is 57.2. The molecule has 0 heterocycles. The maximum absolute atomic E-state index is 12.5. The lowest BCUT2D eigenvalue weighted by molar-refractivity contribution is -0.143. The van der Waals surface area contributed by atoms with E-state index in [9.17, 15) is 19.8 Å². The summed E-state index contributed by atoms with van der Waals surface area (Å²) in [6, 6.07) is -0.625. The summed E-state index contributed by atoms with van der Waals surface area (Å²) in [5, 5.41) is 23.2. The molecule has 0 aromatic heterocycles. The van der Waals surface area contributed by atoms with Crippen molar-refractivity contribution in [1.82, 2.24) is 5.32 Å². The standard InChI is InChI=1S/C78H151NO5/c1-3-5-7-9-11-13-15-17-19-20-36-40-44-48-52-56-60-64-68-72-78(83)84-73-69-65-61-57-53-49-45-41-38-35-33-31-29-27-25-23-21-22-24-26-28-30-32-34-37-39-43-47-51-55-59-63-67-71-77(82)79-75(74-80)76(81)70-66-62-58-54-50-46-42-18-16-14-12-10-8-6-4-2/h25,27,66,70,75-76,80-81H,3-24,26,28-65,67-69,71-74H2,1-2H3,(H,79,82)/b27-25-,70-66+. The van der Waals surface area contributed by atoms with Crippen molar-refractivity contribution in [3.05, 3.63) is 24.3 Å². The lowest BCUT2D eigenvalue weighted by Crippen LogP contribution is -2.45. The number of nitrogens with one attached hydrogen (secondary N) is 1. The van der Waals surface area contributed by atoms with Gasteiger partial charge in [0.15, 0.2) is 0 Å². The van der Waals surface area contributed by atoms with E-state index in [2.05, 4.69) is 31.3 Å². The first-order valence-electron chi connectivity index (χ1n) is 38.6. The van der Waals surface area contributed by atoms with Crippen LogP contribution in [0.25, 0.3) is 0 Å². The van der Waals surface area contributed by atoms with Crippen LogP contribution in [0, 0.1) is 0 Å². The average molecular weight is 1180 g/mol. The maximum atomic E-state index is 12.5. The first-order chi connectivity index (χ1) is 41.5. The van der Waals surface area contributed by atoms with Crippen LogP contribution in [0.5, 0.6) is 0 Å². The smallest absolute Gasteiger partial charge is 0.305 e. The molecule has 0 bridgehead atoms. The quantitative estimate of drug-likeness (QED) is 0.0320. The number of aliphatic hydroxyl groups excluding tert-OH is 2. The lowest BCUT2D eigenvalue weighted by Gasteiger charge is -2.20. The first kappa shape index (κ1) is 82.3. The zero-order valence-electron chi connectivity index (χ0n) is 57.2. The van der Waals surface area contributed by atoms with Crippen molar-refractivity contribution in [2.45, 2.75) is 450 Å². The van der Waals surface area contributed by atoms with Gasteiger partial charge in [-0.1, -0.05) is 391 Å². The molecular formula is C78H151NO5. The number of aliphatic hydroxyl groups is 2. The Kier molecular flexibility index (Phi) is 72.3. The molecule has 3 N–H and O–H groups in total. The minimum atomic E-state index is -0.842. The highest BCUT2D eigenvalue weighted by molar-refractivity contribution is 5.76. The fourth-order valence-corrected chi connectivity index (χ4v) is 12.3. The third-order valence-electron chi connectivity index (χ3n) is 18.2. The van der Waals surface area contributed by atoms with Gasteiger partial charge in [-0.05, 0) is 57.8 Å². The number of rotatable bonds is 73. The summed E-state index contributed by atoms with van der Waals surface area (Å²) in [6.45, 7) is 4.95. The van der Waals surface area contributed by atoms with Gasteiger partial charge in [-0.25, -0.2) is 0 Å². The molecule has 0 rings (SSSR count). The fraction of sp³-hybridized carbons (Fsp3) is 0.923. The van der Waals surface area contributed by atoms with E-state index in [0.717, 1.165) is 38.5 Å². The topological polar surface area (TPSA) is 95.9 Å². The van der Waals surface area contributed by atoms with Gasteiger partial charge in [0, 0.05) is 12.8 Å². The number of unbranched alkanes of at least 4 members (excludes halogenated alkanes) is 60. The Morgan fingerprint density at radius 1 is 0.321 bits per heavy atom. The van der Waals surface area contributed by atoms with Gasteiger partial charge in [-0.2, -0.15) is 0 Å². The molecule has 0 saturated heterocycles. The molecular weight excluding hydrogens is 1030 g/mol. The number of esters is 1. The minimum Gasteiger partial charge on any atom is -0.466 e. The van der Waals surface area contributed by atoms with Gasteiger partial charge >= 0.3 is 5.97 Å². The lowest BCUT2D eigenvalue weighted by atomic mass is 10.0. The second-order valence-corrected chi connectivity index (χ2v) is 26.7. The third-order valence-corrected chi connectivity index (χ3v) is 18.2. The first-order valence-corrected chi connectivity index (χ1v) is 38.6. The summed E-state index contributed by atoms with van der Waals surface area (Å²) in [4.78, 5) is 24.6. The van der Waals surface area contributed by atoms with Gasteiger partial charge in [-0.15, -0.1) is 0 Å². The van der Waals surface area contributed by atoms with E-state index in [1.54, 1.807) is 6.08 Å². The van der Waals surface area contributed by atoms with Crippen LogP contribution in [0.3, 0.4) is 0 Å². The molecule has 0 aliphatic heterocycles. The van der Waals surface area contributed by atoms with Crippen molar-refractivity contribution in [1.29, 1.82) is 0 Å². The Labute approximate surface area is 526 Å². The van der Waals surface area contributed by atoms with Gasteiger partial charge in [0.05, 0.1) is 25.4 Å². The van der Waals surface area contributed by atoms with Gasteiger partial charge < -0.3 is 20.3 Å². The molecule has 0 spiro atoms. The summed E-state index contributed by atoms with van der Waals surface area (Å²) in [5.74, 6) is -0.0378. The number of allylic oxidation sites excluding steroid dienone is 3. The molecule has 0 radical (unpaired) electrons. The van der Waals surface area contributed by atoms with Crippen molar-refractivity contribution < 1.29 is 24.5 Å². The van der Waals surface area contributed by atoms with Gasteiger partial charge in [-0.3, -0.25) is 9.59 Å². The number of hydrogen-bond acceptors (Lipinski definition) is 5. The summed E-state index contributed by atoms with van der Waals surface area (Å²) in [5.41, 5.74) is 0. The van der Waals surface area contributed by atoms with Crippen molar-refractivity contribution in [2.24, 2.45) is 0 Å². The van der Waals surface area contributed by atoms with Crippen LogP contribution in [-0.2, 0) is 14.3 Å². The van der Waals surface area contributed by atoms with Gasteiger partial charge in [0.25, 0.3) is 0 Å². The molecule has 6 heteroatoms. The molecule has 2 atom stereocenters. The largest absolute Gasteiger partial charge is 0.466 e. The SMILES string of the molecule is CCCCCCCCCCCCCCC/C=C/C(O)C(CO)NC(=O)CCCCCCCCCCCCCCCCCCC/C=C\CCCCCCCCCCCCCCOC(=O)CCCCCCCCCCCCCCCCCCCCC. The molecule has 0 saturated carbocycles. The average Bonchev–Trinajstić information content (AvgIpc) is 3.51. The van der Waals surface area contributed by atoms with Crippen molar-refractivity contribution in [3.63, 3.8) is 0 Å². The van der Waals surface area contributed by atoms with E-state index in [-0.39, 0.29) is 18.5 Å². The summed E-state index contributed by atoms with van der Waals surface area (Å²) in [7, 11) is 0. The molecule has 1 amide bonds. The third kappa shape index (κ3) is 69.4. The summed E-state index contributed by atoms with van der Waals surface area (Å²) < 4.78 is 5.52. The molecule has 84 heavy (non-hydrogen) atoms. The molecule has 0 aromatic carbocycles. The van der Waals surface area contributed by atoms with Crippen LogP contribution < -0.4 is 5.32 Å². The van der Waals surface area contributed by atoms with E-state index >= 15 is 0 Å². The molecule has 498 valence electrons. The summed E-state index contributed by atoms with van der Waals surface area (Å²) >= 11 is 0. The highest BCUT2D eigenvalue weighted by Crippen LogP contribution is 2.20. The van der Waals surface area contributed by atoms with Crippen LogP contribution in [0.4, 0.5) is 0 Å². The Hall–Kier alpha value is -1.66. The Morgan fingerprint density at radius 2 is 0.560 bits per heavy atom. The van der Waals surface area contributed by atoms with E-state index in [4.69, 9.17) is 4.74 Å². The molecule has 0 fully saturated rings. The van der Waals surface area contributed by atoms with Gasteiger partial charge in [0.2, 0.25) is 5.91 Å². The van der Waals surface area contributed by atoms with Crippen LogP contribution in [0.15, 0.2) is 24.3 Å². The zero-order chi connectivity index (χ0) is 60.6. The highest BCUT2D eigenvalue weighted by atomic mass is 16.5. The van der Waals surface area contributed by atoms with E-state index in [1.807, 2.05) is 6.08 Å². The van der Waals surface area contributed by atoms with Crippen LogP contribution >= 0.6 is 0 Å². The Morgan fingerprint density at radius 3 is 0.845 bits per heavy atom. The predicted molar refractivity (Wildman–Crippen MR) is 370 cm³/mol. The summed E-state index contributed by atoms with van der Waals surface area (Å²) in [6.07, 6.45) is 94.4. The highest BCUT2D eigenvalue weighted by Gasteiger charge is 2.18. The molecule has 0 aliphatic carbocycles. The number of hydrogen-bond donors (Lipinski definition) is 3. The maximum Gasteiger partial charge on any atom is 0.305 e. The monoisotopic (exact) mass is 1180 g/mol. The van der Waals surface area contributed by atoms with Crippen molar-refractivity contribution in [2.75, 3.05) is 13.2 Å². The van der Waals surface area contributed by atoms with Crippen LogP contribution in [0.2, 0.25) is 0 Å². The normalized spacial score (nSPS) is 12.6. The van der Waals surface area contributed by atoms with Crippen molar-refractivity contribution >= 4 is 11.9 Å².